The number of anilines is 1. The summed E-state index contributed by atoms with van der Waals surface area (Å²) < 4.78 is 9.48. The molecule has 8 nitrogen and oxygen atoms in total. The molecule has 138 valence electrons. The molecule has 0 saturated carbocycles. The molecular weight excluding hydrogens is 326 g/mol. The van der Waals surface area contributed by atoms with Crippen LogP contribution in [0.2, 0.25) is 0 Å². The zero-order valence-electron chi connectivity index (χ0n) is 15.2. The maximum Gasteiger partial charge on any atom is 0.516 e. The van der Waals surface area contributed by atoms with E-state index in [1.807, 2.05) is 0 Å². The summed E-state index contributed by atoms with van der Waals surface area (Å²) in [6.07, 6.45) is -1.10. The van der Waals surface area contributed by atoms with Crippen molar-refractivity contribution in [1.29, 1.82) is 0 Å². The molecule has 0 spiro atoms. The summed E-state index contributed by atoms with van der Waals surface area (Å²) in [4.78, 5) is 36.8. The van der Waals surface area contributed by atoms with Crippen molar-refractivity contribution < 1.29 is 23.9 Å². The largest absolute Gasteiger partial charge is 0.516 e. The van der Waals surface area contributed by atoms with Gasteiger partial charge in [-0.1, -0.05) is 12.1 Å². The van der Waals surface area contributed by atoms with Crippen LogP contribution in [0.15, 0.2) is 24.3 Å². The summed E-state index contributed by atoms with van der Waals surface area (Å²) in [6.45, 7) is 5.22. The van der Waals surface area contributed by atoms with Crippen molar-refractivity contribution in [3.05, 3.63) is 29.8 Å². The van der Waals surface area contributed by atoms with E-state index in [9.17, 15) is 14.4 Å². The number of likely N-dealkylation sites (N-methyl/N-ethyl adjacent to an activating group) is 1. The molecule has 1 aromatic rings. The van der Waals surface area contributed by atoms with Crippen molar-refractivity contribution in [2.75, 3.05) is 26.0 Å². The molecule has 8 heteroatoms. The fourth-order valence-corrected chi connectivity index (χ4v) is 1.81. The number of nitrogens with one attached hydrogen (secondary N) is 1. The number of benzene rings is 1. The van der Waals surface area contributed by atoms with Gasteiger partial charge < -0.3 is 25.4 Å². The van der Waals surface area contributed by atoms with Crippen molar-refractivity contribution in [2.24, 2.45) is 5.73 Å². The molecule has 0 aliphatic carbocycles. The molecule has 3 N–H and O–H groups in total. The summed E-state index contributed by atoms with van der Waals surface area (Å²) in [7, 11) is 3.58. The minimum absolute atomic E-state index is 0.161. The second kappa shape index (κ2) is 8.59. The average molecular weight is 351 g/mol. The highest BCUT2D eigenvalue weighted by atomic mass is 16.7. The Morgan fingerprint density at radius 1 is 1.16 bits per heavy atom. The van der Waals surface area contributed by atoms with Gasteiger partial charge in [0.2, 0.25) is 5.91 Å². The topological polar surface area (TPSA) is 111 Å². The summed E-state index contributed by atoms with van der Waals surface area (Å²) >= 11 is 0. The summed E-state index contributed by atoms with van der Waals surface area (Å²) in [5.74, 6) is -1.08. The first kappa shape index (κ1) is 20.6. The molecule has 0 fully saturated rings. The van der Waals surface area contributed by atoms with Crippen LogP contribution in [0.25, 0.3) is 0 Å². The zero-order valence-corrected chi connectivity index (χ0v) is 15.2. The number of carbonyl (C=O) groups excluding carboxylic acids is 3. The minimum atomic E-state index is -1.14. The first-order valence-corrected chi connectivity index (χ1v) is 7.73. The highest BCUT2D eigenvalue weighted by Gasteiger charge is 2.24. The normalized spacial score (nSPS) is 12.4. The molecule has 0 aliphatic rings. The van der Waals surface area contributed by atoms with Gasteiger partial charge in [0.15, 0.2) is 0 Å². The fourth-order valence-electron chi connectivity index (χ4n) is 1.81. The molecular formula is C17H25N3O5. The van der Waals surface area contributed by atoms with E-state index in [1.54, 1.807) is 64.0 Å². The smallest absolute Gasteiger partial charge is 0.428 e. The number of esters is 1. The van der Waals surface area contributed by atoms with Crippen LogP contribution < -0.4 is 11.1 Å². The summed E-state index contributed by atoms with van der Waals surface area (Å²) in [6, 6.07) is 5.24. The number of hydrogen-bond acceptors (Lipinski definition) is 7. The average Bonchev–Trinajstić information content (AvgIpc) is 2.44. The number of hydrogen-bond donors (Lipinski definition) is 2. The van der Waals surface area contributed by atoms with Gasteiger partial charge in [0, 0.05) is 5.69 Å². The van der Waals surface area contributed by atoms with Gasteiger partial charge >= 0.3 is 12.1 Å². The van der Waals surface area contributed by atoms with E-state index < -0.39 is 23.8 Å². The highest BCUT2D eigenvalue weighted by Crippen LogP contribution is 2.17. The van der Waals surface area contributed by atoms with Gasteiger partial charge in [-0.05, 0) is 52.6 Å². The van der Waals surface area contributed by atoms with E-state index in [2.05, 4.69) is 10.1 Å². The van der Waals surface area contributed by atoms with Crippen LogP contribution in [0.4, 0.5) is 10.5 Å². The van der Waals surface area contributed by atoms with E-state index in [0.29, 0.717) is 11.3 Å². The van der Waals surface area contributed by atoms with E-state index >= 15 is 0 Å². The molecule has 1 atom stereocenters. The van der Waals surface area contributed by atoms with Gasteiger partial charge in [0.25, 0.3) is 0 Å². The van der Waals surface area contributed by atoms with E-state index in [-0.39, 0.29) is 12.5 Å². The predicted octanol–water partition coefficient (Wildman–Crippen LogP) is 1.66. The molecule has 0 bridgehead atoms. The molecule has 1 amide bonds. The van der Waals surface area contributed by atoms with Gasteiger partial charge in [-0.25, -0.2) is 9.59 Å². The predicted molar refractivity (Wildman–Crippen MR) is 92.9 cm³/mol. The Hall–Kier alpha value is -2.45. The Kier molecular flexibility index (Phi) is 7.08. The fraction of sp³-hybridized carbons (Fsp3) is 0.471. The summed E-state index contributed by atoms with van der Waals surface area (Å²) in [5, 5.41) is 2.71. The van der Waals surface area contributed by atoms with Gasteiger partial charge in [0.05, 0.1) is 6.54 Å². The Labute approximate surface area is 147 Å². The quantitative estimate of drug-likeness (QED) is 0.613. The number of amides is 1. The van der Waals surface area contributed by atoms with Crippen LogP contribution in [0, 0.1) is 0 Å². The third-order valence-electron chi connectivity index (χ3n) is 2.84. The lowest BCUT2D eigenvalue weighted by Crippen LogP contribution is -2.30. The molecule has 0 heterocycles. The number of ether oxygens (including phenoxy) is 2. The maximum atomic E-state index is 11.9. The first-order valence-electron chi connectivity index (χ1n) is 7.73. The first-order chi connectivity index (χ1) is 11.5. The third-order valence-corrected chi connectivity index (χ3v) is 2.84. The number of nitrogens with two attached hydrogens (primary N) is 1. The number of nitrogens with zero attached hydrogens (tertiary/aromatic N) is 1. The molecule has 0 aromatic heterocycles. The molecule has 0 radical (unpaired) electrons. The SMILES string of the molecule is CN(C)CC(=O)Nc1ccc([C@@H](N)C(=O)OC(=O)OC(C)(C)C)cc1. The molecule has 0 aliphatic heterocycles. The second-order valence-electron chi connectivity index (χ2n) is 6.77. The van der Waals surface area contributed by atoms with Crippen molar-refractivity contribution in [3.63, 3.8) is 0 Å². The maximum absolute atomic E-state index is 11.9. The van der Waals surface area contributed by atoms with Crippen molar-refractivity contribution in [2.45, 2.75) is 32.4 Å². The van der Waals surface area contributed by atoms with Crippen LogP contribution in [0.3, 0.4) is 0 Å². The van der Waals surface area contributed by atoms with E-state index in [4.69, 9.17) is 10.5 Å². The van der Waals surface area contributed by atoms with Crippen LogP contribution in [0.1, 0.15) is 32.4 Å². The molecule has 25 heavy (non-hydrogen) atoms. The standard InChI is InChI=1S/C17H25N3O5/c1-17(2,3)25-16(23)24-15(22)14(18)11-6-8-12(9-7-11)19-13(21)10-20(4)5/h6-9,14H,10,18H2,1-5H3,(H,19,21)/t14-/m1/s1. The van der Waals surface area contributed by atoms with Gasteiger partial charge in [0.1, 0.15) is 11.6 Å². The monoisotopic (exact) mass is 351 g/mol. The van der Waals surface area contributed by atoms with Crippen LogP contribution in [-0.4, -0.2) is 49.2 Å². The summed E-state index contributed by atoms with van der Waals surface area (Å²) in [5.41, 5.74) is 6.04. The molecule has 0 unspecified atom stereocenters. The lowest BCUT2D eigenvalue weighted by Gasteiger charge is -2.19. The Balaban J connectivity index is 2.64. The number of carbonyl (C=O) groups is 3. The van der Waals surface area contributed by atoms with Crippen molar-refractivity contribution in [3.8, 4) is 0 Å². The molecule has 1 rings (SSSR count). The zero-order chi connectivity index (χ0) is 19.2. The van der Waals surface area contributed by atoms with Crippen molar-refractivity contribution in [1.82, 2.24) is 4.90 Å². The second-order valence-corrected chi connectivity index (χ2v) is 6.77. The Morgan fingerprint density at radius 2 is 1.72 bits per heavy atom. The van der Waals surface area contributed by atoms with Gasteiger partial charge in [-0.2, -0.15) is 0 Å². The third kappa shape index (κ3) is 7.77. The number of rotatable bonds is 5. The van der Waals surface area contributed by atoms with Crippen LogP contribution in [0.5, 0.6) is 0 Å². The van der Waals surface area contributed by atoms with Crippen LogP contribution >= 0.6 is 0 Å². The minimum Gasteiger partial charge on any atom is -0.428 e. The Bertz CT molecular complexity index is 620. The van der Waals surface area contributed by atoms with Gasteiger partial charge in [-0.15, -0.1) is 0 Å². The lowest BCUT2D eigenvalue weighted by molar-refractivity contribution is -0.143. The Morgan fingerprint density at radius 3 is 2.20 bits per heavy atom. The highest BCUT2D eigenvalue weighted by molar-refractivity contribution is 5.92. The van der Waals surface area contributed by atoms with Crippen LogP contribution in [-0.2, 0) is 19.1 Å². The van der Waals surface area contributed by atoms with E-state index in [1.165, 1.54) is 0 Å². The van der Waals surface area contributed by atoms with Crippen molar-refractivity contribution >= 4 is 23.7 Å². The molecule has 0 saturated heterocycles. The lowest BCUT2D eigenvalue weighted by atomic mass is 10.1. The van der Waals surface area contributed by atoms with Gasteiger partial charge in [-0.3, -0.25) is 4.79 Å². The van der Waals surface area contributed by atoms with E-state index in [0.717, 1.165) is 0 Å². The molecule has 1 aromatic carbocycles.